The summed E-state index contributed by atoms with van der Waals surface area (Å²) in [6.07, 6.45) is -3.47. The average Bonchev–Trinajstić information content (AvgIpc) is 2.24. The van der Waals surface area contributed by atoms with Crippen LogP contribution in [0.4, 0.5) is 13.2 Å². The Morgan fingerprint density at radius 2 is 1.84 bits per heavy atom. The number of hydrogen-bond acceptors (Lipinski definition) is 1. The van der Waals surface area contributed by atoms with Gasteiger partial charge in [0.25, 0.3) is 0 Å². The fraction of sp³-hybridized carbons (Fsp3) is 0.417. The monoisotopic (exact) mass is 355 g/mol. The molecule has 0 aliphatic carbocycles. The summed E-state index contributed by atoms with van der Waals surface area (Å²) >= 11 is 3.00. The lowest BCUT2D eigenvalue weighted by atomic mass is 10.1. The summed E-state index contributed by atoms with van der Waals surface area (Å²) in [7, 11) is -1.59. The maximum Gasteiger partial charge on any atom is 0.417 e. The number of nitrogens with zero attached hydrogens (tertiary/aromatic N) is 1. The largest absolute Gasteiger partial charge is 0.417 e. The molecule has 0 fully saturated rings. The summed E-state index contributed by atoms with van der Waals surface area (Å²) in [5, 5.41) is 0. The molecule has 0 aromatic heterocycles. The first-order valence-corrected chi connectivity index (χ1v) is 7.24. The normalized spacial score (nSPS) is 14.9. The van der Waals surface area contributed by atoms with E-state index in [1.807, 2.05) is 0 Å². The molecule has 0 aliphatic heterocycles. The second-order valence-electron chi connectivity index (χ2n) is 4.83. The zero-order valence-corrected chi connectivity index (χ0v) is 13.0. The molecule has 0 unspecified atom stereocenters. The molecule has 19 heavy (non-hydrogen) atoms. The van der Waals surface area contributed by atoms with Gasteiger partial charge in [-0.2, -0.15) is 17.6 Å². The number of benzene rings is 1. The minimum absolute atomic E-state index is 0.103. The molecule has 1 atom stereocenters. The zero-order valence-electron chi connectivity index (χ0n) is 10.6. The van der Waals surface area contributed by atoms with Crippen molar-refractivity contribution in [1.82, 2.24) is 0 Å². The van der Waals surface area contributed by atoms with Crippen molar-refractivity contribution in [3.63, 3.8) is 0 Å². The lowest BCUT2D eigenvalue weighted by molar-refractivity contribution is -0.137. The van der Waals surface area contributed by atoms with Crippen LogP contribution in [0.2, 0.25) is 0 Å². The van der Waals surface area contributed by atoms with Gasteiger partial charge >= 0.3 is 6.18 Å². The Balaban J connectivity index is 3.16. The van der Waals surface area contributed by atoms with E-state index in [1.165, 1.54) is 12.1 Å². The number of hydrogen-bond donors (Lipinski definition) is 0. The van der Waals surface area contributed by atoms with E-state index in [0.717, 1.165) is 12.3 Å². The average molecular weight is 356 g/mol. The molecule has 2 nitrogen and oxygen atoms in total. The van der Waals surface area contributed by atoms with E-state index in [-0.39, 0.29) is 5.56 Å². The molecular weight excluding hydrogens is 343 g/mol. The van der Waals surface area contributed by atoms with Crippen LogP contribution in [0, 0.1) is 0 Å². The Labute approximate surface area is 120 Å². The molecule has 7 heteroatoms. The van der Waals surface area contributed by atoms with Gasteiger partial charge in [-0.05, 0) is 32.9 Å². The minimum atomic E-state index is -4.48. The van der Waals surface area contributed by atoms with E-state index in [9.17, 15) is 17.4 Å². The van der Waals surface area contributed by atoms with Gasteiger partial charge in [0, 0.05) is 16.3 Å². The van der Waals surface area contributed by atoms with Crippen molar-refractivity contribution in [2.45, 2.75) is 31.7 Å². The molecule has 0 spiro atoms. The van der Waals surface area contributed by atoms with Gasteiger partial charge in [0.15, 0.2) is 0 Å². The third-order valence-electron chi connectivity index (χ3n) is 2.13. The van der Waals surface area contributed by atoms with Gasteiger partial charge in [-0.1, -0.05) is 22.0 Å². The van der Waals surface area contributed by atoms with E-state index in [1.54, 1.807) is 20.8 Å². The van der Waals surface area contributed by atoms with Crippen molar-refractivity contribution in [1.29, 1.82) is 0 Å². The minimum Gasteiger partial charge on any atom is -0.234 e. The van der Waals surface area contributed by atoms with Crippen molar-refractivity contribution < 1.29 is 17.4 Å². The summed E-state index contributed by atoms with van der Waals surface area (Å²) in [6, 6.07) is 3.74. The molecule has 0 saturated carbocycles. The van der Waals surface area contributed by atoms with Crippen LogP contribution in [-0.2, 0) is 17.2 Å². The summed E-state index contributed by atoms with van der Waals surface area (Å²) < 4.78 is 53.6. The second-order valence-corrected chi connectivity index (χ2v) is 7.67. The van der Waals surface area contributed by atoms with E-state index in [4.69, 9.17) is 0 Å². The Bertz CT molecular complexity index is 521. The number of rotatable bonds is 2. The van der Waals surface area contributed by atoms with E-state index < -0.39 is 27.5 Å². The Morgan fingerprint density at radius 3 is 2.32 bits per heavy atom. The van der Waals surface area contributed by atoms with Gasteiger partial charge in [-0.3, -0.25) is 0 Å². The van der Waals surface area contributed by atoms with E-state index in [0.29, 0.717) is 4.47 Å². The SMILES string of the molecule is CC(C)(C)[S@@](=O)N=Cc1ccc(Br)cc1C(F)(F)F. The quantitative estimate of drug-likeness (QED) is 0.725. The number of halogens is 4. The standard InChI is InChI=1S/C12H13BrF3NOS/c1-11(2,3)19(18)17-7-8-4-5-9(13)6-10(8)12(14,15)16/h4-7H,1-3H3/t19-/m1/s1. The van der Waals surface area contributed by atoms with Crippen molar-refractivity contribution in [2.75, 3.05) is 0 Å². The van der Waals surface area contributed by atoms with Crippen LogP contribution in [-0.4, -0.2) is 15.2 Å². The summed E-state index contributed by atoms with van der Waals surface area (Å²) in [5.41, 5.74) is -0.912. The smallest absolute Gasteiger partial charge is 0.234 e. The molecule has 0 amide bonds. The van der Waals surface area contributed by atoms with Gasteiger partial charge in [0.1, 0.15) is 11.0 Å². The zero-order chi connectivity index (χ0) is 14.8. The number of alkyl halides is 3. The highest BCUT2D eigenvalue weighted by atomic mass is 79.9. The maximum absolute atomic E-state index is 12.8. The van der Waals surface area contributed by atoms with Gasteiger partial charge in [-0.15, -0.1) is 0 Å². The van der Waals surface area contributed by atoms with Crippen molar-refractivity contribution in [3.8, 4) is 0 Å². The molecule has 1 rings (SSSR count). The molecule has 0 aliphatic rings. The van der Waals surface area contributed by atoms with Crippen LogP contribution in [0.15, 0.2) is 27.1 Å². The molecule has 1 aromatic rings. The van der Waals surface area contributed by atoms with Crippen molar-refractivity contribution in [3.05, 3.63) is 33.8 Å². The van der Waals surface area contributed by atoms with Crippen molar-refractivity contribution in [2.24, 2.45) is 4.40 Å². The van der Waals surface area contributed by atoms with Crippen LogP contribution >= 0.6 is 15.9 Å². The van der Waals surface area contributed by atoms with Crippen LogP contribution in [0.25, 0.3) is 0 Å². The van der Waals surface area contributed by atoms with Gasteiger partial charge in [0.2, 0.25) is 0 Å². The molecule has 0 saturated heterocycles. The predicted molar refractivity (Wildman–Crippen MR) is 74.6 cm³/mol. The van der Waals surface area contributed by atoms with E-state index >= 15 is 0 Å². The maximum atomic E-state index is 12.8. The van der Waals surface area contributed by atoms with Gasteiger partial charge in [0.05, 0.1) is 10.3 Å². The third-order valence-corrected chi connectivity index (χ3v) is 3.97. The van der Waals surface area contributed by atoms with E-state index in [2.05, 4.69) is 20.3 Å². The molecule has 0 N–H and O–H groups in total. The highest BCUT2D eigenvalue weighted by molar-refractivity contribution is 9.10. The lowest BCUT2D eigenvalue weighted by Crippen LogP contribution is -2.20. The van der Waals surface area contributed by atoms with Crippen LogP contribution in [0.3, 0.4) is 0 Å². The molecule has 106 valence electrons. The molecular formula is C12H13BrF3NOS. The fourth-order valence-electron chi connectivity index (χ4n) is 1.15. The first-order valence-electron chi connectivity index (χ1n) is 5.34. The summed E-state index contributed by atoms with van der Waals surface area (Å²) in [6.45, 7) is 5.10. The molecule has 0 heterocycles. The second kappa shape index (κ2) is 5.75. The Hall–Kier alpha value is -0.690. The first-order chi connectivity index (χ1) is 8.51. The summed E-state index contributed by atoms with van der Waals surface area (Å²) in [5.74, 6) is 0. The van der Waals surface area contributed by atoms with Crippen LogP contribution in [0.1, 0.15) is 31.9 Å². The Kier molecular flexibility index (Phi) is 4.95. The van der Waals surface area contributed by atoms with Crippen LogP contribution in [0.5, 0.6) is 0 Å². The van der Waals surface area contributed by atoms with Crippen molar-refractivity contribution >= 4 is 33.1 Å². The lowest BCUT2D eigenvalue weighted by Gasteiger charge is -2.13. The molecule has 0 bridgehead atoms. The topological polar surface area (TPSA) is 29.4 Å². The highest BCUT2D eigenvalue weighted by Crippen LogP contribution is 2.33. The molecule has 1 aromatic carbocycles. The summed E-state index contributed by atoms with van der Waals surface area (Å²) in [4.78, 5) is 0. The van der Waals surface area contributed by atoms with Gasteiger partial charge in [-0.25, -0.2) is 4.21 Å². The van der Waals surface area contributed by atoms with Gasteiger partial charge < -0.3 is 0 Å². The van der Waals surface area contributed by atoms with Crippen LogP contribution < -0.4 is 0 Å². The third kappa shape index (κ3) is 4.72. The fourth-order valence-corrected chi connectivity index (χ4v) is 2.04. The Morgan fingerprint density at radius 1 is 1.26 bits per heavy atom. The molecule has 0 radical (unpaired) electrons. The highest BCUT2D eigenvalue weighted by Gasteiger charge is 2.33. The first kappa shape index (κ1) is 16.4. The predicted octanol–water partition coefficient (Wildman–Crippen LogP) is 4.35.